The van der Waals surface area contributed by atoms with Gasteiger partial charge in [-0.2, -0.15) is 5.10 Å². The van der Waals surface area contributed by atoms with Crippen LogP contribution < -0.4 is 5.43 Å². The van der Waals surface area contributed by atoms with E-state index in [-0.39, 0.29) is 23.8 Å². The molecule has 24 heavy (non-hydrogen) atoms. The van der Waals surface area contributed by atoms with Crippen molar-refractivity contribution in [2.75, 3.05) is 6.61 Å². The molecule has 1 atom stereocenters. The van der Waals surface area contributed by atoms with Crippen molar-refractivity contribution < 1.29 is 19.2 Å². The van der Waals surface area contributed by atoms with Crippen LogP contribution in [0.1, 0.15) is 38.1 Å². The molecule has 8 nitrogen and oxygen atoms in total. The zero-order valence-corrected chi connectivity index (χ0v) is 14.1. The van der Waals surface area contributed by atoms with Crippen molar-refractivity contribution in [3.63, 3.8) is 0 Å². The number of carbonyl (C=O) groups excluding carboxylic acids is 2. The fourth-order valence-electron chi connectivity index (χ4n) is 2.19. The molecule has 0 aliphatic carbocycles. The fourth-order valence-corrected chi connectivity index (χ4v) is 2.19. The van der Waals surface area contributed by atoms with Crippen molar-refractivity contribution in [2.45, 2.75) is 27.7 Å². The van der Waals surface area contributed by atoms with Crippen LogP contribution in [0.25, 0.3) is 0 Å². The van der Waals surface area contributed by atoms with Crippen molar-refractivity contribution in [1.29, 1.82) is 0 Å². The van der Waals surface area contributed by atoms with Crippen molar-refractivity contribution in [2.24, 2.45) is 16.9 Å². The monoisotopic (exact) mass is 335 g/mol. The predicted molar refractivity (Wildman–Crippen MR) is 88.6 cm³/mol. The van der Waals surface area contributed by atoms with Gasteiger partial charge in [0.05, 0.1) is 17.4 Å². The maximum absolute atomic E-state index is 12.1. The first-order valence-corrected chi connectivity index (χ1v) is 7.53. The summed E-state index contributed by atoms with van der Waals surface area (Å²) in [6, 6.07) is 5.31. The first-order chi connectivity index (χ1) is 11.3. The largest absolute Gasteiger partial charge is 0.465 e. The minimum atomic E-state index is -0.593. The number of nitro benzene ring substituents is 1. The van der Waals surface area contributed by atoms with Gasteiger partial charge in [0, 0.05) is 23.4 Å². The van der Waals surface area contributed by atoms with Crippen LogP contribution >= 0.6 is 0 Å². The van der Waals surface area contributed by atoms with Crippen LogP contribution in [0.3, 0.4) is 0 Å². The van der Waals surface area contributed by atoms with E-state index in [0.717, 1.165) is 6.07 Å². The molecule has 1 N–H and O–H groups in total. The Hall–Kier alpha value is -2.77. The summed E-state index contributed by atoms with van der Waals surface area (Å²) < 4.78 is 5.01. The molecule has 1 aromatic rings. The third-order valence-electron chi connectivity index (χ3n) is 3.31. The average Bonchev–Trinajstić information content (AvgIpc) is 2.52. The number of esters is 1. The number of hydrazone groups is 1. The Bertz CT molecular complexity index is 655. The highest BCUT2D eigenvalue weighted by Crippen LogP contribution is 2.16. The normalized spacial score (nSPS) is 12.6. The van der Waals surface area contributed by atoms with E-state index in [9.17, 15) is 19.7 Å². The van der Waals surface area contributed by atoms with Crippen molar-refractivity contribution >= 4 is 23.3 Å². The van der Waals surface area contributed by atoms with Gasteiger partial charge in [0.25, 0.3) is 11.6 Å². The number of amides is 1. The third kappa shape index (κ3) is 5.15. The number of nitrogens with zero attached hydrogens (tertiary/aromatic N) is 2. The number of hydrogen-bond acceptors (Lipinski definition) is 6. The molecule has 0 bridgehead atoms. The lowest BCUT2D eigenvalue weighted by atomic mass is 9.92. The van der Waals surface area contributed by atoms with Crippen LogP contribution in [-0.2, 0) is 9.53 Å². The van der Waals surface area contributed by atoms with E-state index in [1.807, 2.05) is 13.8 Å². The first kappa shape index (κ1) is 19.3. The fraction of sp³-hybridized carbons (Fsp3) is 0.438. The Morgan fingerprint density at radius 1 is 1.38 bits per heavy atom. The second-order valence-corrected chi connectivity index (χ2v) is 5.48. The topological polar surface area (TPSA) is 111 Å². The van der Waals surface area contributed by atoms with E-state index >= 15 is 0 Å². The molecule has 1 aromatic carbocycles. The van der Waals surface area contributed by atoms with Crippen LogP contribution in [0.15, 0.2) is 29.4 Å². The second kappa shape index (κ2) is 8.76. The van der Waals surface area contributed by atoms with Crippen LogP contribution in [-0.4, -0.2) is 29.1 Å². The number of hydrogen-bond donors (Lipinski definition) is 1. The highest BCUT2D eigenvalue weighted by Gasteiger charge is 2.26. The van der Waals surface area contributed by atoms with Crippen LogP contribution in [0.5, 0.6) is 0 Å². The molecule has 0 spiro atoms. The molecule has 0 heterocycles. The number of non-ortho nitro benzene ring substituents is 1. The Balaban J connectivity index is 2.89. The molecule has 0 saturated heterocycles. The van der Waals surface area contributed by atoms with E-state index in [1.165, 1.54) is 18.2 Å². The van der Waals surface area contributed by atoms with Gasteiger partial charge in [-0.3, -0.25) is 19.7 Å². The van der Waals surface area contributed by atoms with Gasteiger partial charge in [-0.15, -0.1) is 0 Å². The molecular weight excluding hydrogens is 314 g/mol. The summed E-state index contributed by atoms with van der Waals surface area (Å²) in [5.41, 5.74) is 2.64. The molecule has 0 unspecified atom stereocenters. The highest BCUT2D eigenvalue weighted by molar-refractivity contribution is 6.02. The lowest BCUT2D eigenvalue weighted by molar-refractivity contribution is -0.384. The molecule has 0 aromatic heterocycles. The van der Waals surface area contributed by atoms with Gasteiger partial charge in [0.15, 0.2) is 0 Å². The number of ether oxygens (including phenoxy) is 1. The van der Waals surface area contributed by atoms with Gasteiger partial charge >= 0.3 is 5.97 Å². The van der Waals surface area contributed by atoms with Crippen LogP contribution in [0.4, 0.5) is 5.69 Å². The van der Waals surface area contributed by atoms with Crippen molar-refractivity contribution in [3.8, 4) is 0 Å². The quantitative estimate of drug-likeness (QED) is 0.356. The van der Waals surface area contributed by atoms with Gasteiger partial charge in [-0.25, -0.2) is 5.43 Å². The average molecular weight is 335 g/mol. The molecule has 1 amide bonds. The Labute approximate surface area is 140 Å². The van der Waals surface area contributed by atoms with Gasteiger partial charge in [-0.05, 0) is 25.8 Å². The summed E-state index contributed by atoms with van der Waals surface area (Å²) in [6.07, 6.45) is 0. The maximum atomic E-state index is 12.1. The minimum absolute atomic E-state index is 0.0532. The first-order valence-electron chi connectivity index (χ1n) is 7.53. The number of benzene rings is 1. The predicted octanol–water partition coefficient (Wildman–Crippen LogP) is 2.54. The molecular formula is C16H21N3O5. The van der Waals surface area contributed by atoms with E-state index in [0.29, 0.717) is 5.71 Å². The molecule has 1 rings (SSSR count). The lowest BCUT2D eigenvalue weighted by Gasteiger charge is -2.18. The minimum Gasteiger partial charge on any atom is -0.465 e. The molecule has 0 radical (unpaired) electrons. The van der Waals surface area contributed by atoms with Crippen molar-refractivity contribution in [3.05, 3.63) is 39.9 Å². The summed E-state index contributed by atoms with van der Waals surface area (Å²) in [5, 5.41) is 14.7. The Morgan fingerprint density at radius 2 is 2.04 bits per heavy atom. The standard InChI is InChI=1S/C16H21N3O5/c1-5-24-16(21)14(10(2)3)11(4)17-18-15(20)12-7-6-8-13(9-12)19(22)23/h6-10,14H,5H2,1-4H3,(H,18,20)/b17-11-/t14-/m0/s1. The Morgan fingerprint density at radius 3 is 2.58 bits per heavy atom. The second-order valence-electron chi connectivity index (χ2n) is 5.48. The number of carbonyl (C=O) groups is 2. The van der Waals surface area contributed by atoms with Gasteiger partial charge < -0.3 is 4.74 Å². The smallest absolute Gasteiger partial charge is 0.314 e. The van der Waals surface area contributed by atoms with E-state index < -0.39 is 22.7 Å². The summed E-state index contributed by atoms with van der Waals surface area (Å²) >= 11 is 0. The SMILES string of the molecule is CCOC(=O)[C@H](/C(C)=N\NC(=O)c1cccc([N+](=O)[O-])c1)C(C)C. The zero-order valence-electron chi connectivity index (χ0n) is 14.1. The van der Waals surface area contributed by atoms with Crippen LogP contribution in [0.2, 0.25) is 0 Å². The number of nitrogens with one attached hydrogen (secondary N) is 1. The highest BCUT2D eigenvalue weighted by atomic mass is 16.6. The zero-order chi connectivity index (χ0) is 18.3. The van der Waals surface area contributed by atoms with E-state index in [2.05, 4.69) is 10.5 Å². The lowest BCUT2D eigenvalue weighted by Crippen LogP contribution is -2.31. The summed E-state index contributed by atoms with van der Waals surface area (Å²) in [6.45, 7) is 7.29. The summed E-state index contributed by atoms with van der Waals surface area (Å²) in [7, 11) is 0. The molecule has 0 saturated carbocycles. The maximum Gasteiger partial charge on any atom is 0.314 e. The van der Waals surface area contributed by atoms with Crippen molar-refractivity contribution in [1.82, 2.24) is 5.43 Å². The molecule has 0 aliphatic rings. The van der Waals surface area contributed by atoms with Crippen LogP contribution in [0, 0.1) is 22.0 Å². The van der Waals surface area contributed by atoms with Gasteiger partial charge in [0.2, 0.25) is 0 Å². The third-order valence-corrected chi connectivity index (χ3v) is 3.31. The molecule has 130 valence electrons. The Kier molecular flexibility index (Phi) is 7.03. The molecule has 8 heteroatoms. The number of rotatable bonds is 7. The summed E-state index contributed by atoms with van der Waals surface area (Å²) in [5.74, 6) is -1.62. The molecule has 0 aliphatic heterocycles. The van der Waals surface area contributed by atoms with Gasteiger partial charge in [-0.1, -0.05) is 19.9 Å². The number of nitro groups is 1. The summed E-state index contributed by atoms with van der Waals surface area (Å²) in [4.78, 5) is 34.2. The van der Waals surface area contributed by atoms with Gasteiger partial charge in [0.1, 0.15) is 0 Å². The van der Waals surface area contributed by atoms with E-state index in [4.69, 9.17) is 4.74 Å². The van der Waals surface area contributed by atoms with E-state index in [1.54, 1.807) is 13.8 Å². The molecule has 0 fully saturated rings.